The first-order valence-electron chi connectivity index (χ1n) is 6.00. The summed E-state index contributed by atoms with van der Waals surface area (Å²) >= 11 is 6.09. The van der Waals surface area contributed by atoms with Crippen LogP contribution in [0.25, 0.3) is 0 Å². The quantitative estimate of drug-likeness (QED) is 0.916. The van der Waals surface area contributed by atoms with Crippen LogP contribution in [0.4, 0.5) is 5.69 Å². The predicted octanol–water partition coefficient (Wildman–Crippen LogP) is 1.89. The minimum Gasteiger partial charge on any atom is -0.495 e. The topological polar surface area (TPSA) is 68.2 Å². The number of nitrogens with zero attached hydrogens (tertiary/aromatic N) is 1. The molecule has 0 bridgehead atoms. The lowest BCUT2D eigenvalue weighted by Gasteiger charge is -2.35. The Balaban J connectivity index is 2.56. The predicted molar refractivity (Wildman–Crippen MR) is 74.5 cm³/mol. The number of methoxy groups -OCH3 is 2. The zero-order chi connectivity index (χ0) is 14.9. The van der Waals surface area contributed by atoms with Gasteiger partial charge in [-0.1, -0.05) is 11.6 Å². The molecule has 0 radical (unpaired) electrons. The molecule has 0 aliphatic carbocycles. The number of aromatic carboxylic acids is 1. The van der Waals surface area contributed by atoms with Crippen molar-refractivity contribution >= 4 is 23.3 Å². The Morgan fingerprint density at radius 1 is 1.60 bits per heavy atom. The minimum absolute atomic E-state index is 0.0145. The number of ether oxygens (including phenoxy) is 3. The molecule has 1 unspecified atom stereocenters. The lowest BCUT2D eigenvalue weighted by atomic mass is 10.1. The maximum atomic E-state index is 11.5. The van der Waals surface area contributed by atoms with Crippen LogP contribution in [0.5, 0.6) is 11.5 Å². The average molecular weight is 302 g/mol. The highest BCUT2D eigenvalue weighted by molar-refractivity contribution is 6.36. The van der Waals surface area contributed by atoms with E-state index in [-0.39, 0.29) is 22.4 Å². The summed E-state index contributed by atoms with van der Waals surface area (Å²) in [6, 6.07) is 1.60. The Kier molecular flexibility index (Phi) is 4.25. The van der Waals surface area contributed by atoms with Crippen LogP contribution in [0.1, 0.15) is 10.4 Å². The fourth-order valence-electron chi connectivity index (χ4n) is 2.30. The molecule has 0 saturated heterocycles. The normalized spacial score (nSPS) is 17.4. The second-order valence-electron chi connectivity index (χ2n) is 4.50. The van der Waals surface area contributed by atoms with Gasteiger partial charge in [-0.3, -0.25) is 0 Å². The van der Waals surface area contributed by atoms with Gasteiger partial charge in [0.1, 0.15) is 23.2 Å². The smallest absolute Gasteiger partial charge is 0.339 e. The van der Waals surface area contributed by atoms with Crippen LogP contribution in [0.2, 0.25) is 5.02 Å². The standard InChI is InChI=1S/C13H16ClNO5/c1-15-5-7(6-18-2)20-9-4-8(19-3)11(14)10(12(9)15)13(16)17/h4,7H,5-6H2,1-3H3,(H,16,17). The third kappa shape index (κ3) is 2.48. The zero-order valence-electron chi connectivity index (χ0n) is 11.5. The van der Waals surface area contributed by atoms with E-state index in [1.807, 2.05) is 0 Å². The van der Waals surface area contributed by atoms with Crippen molar-refractivity contribution in [2.24, 2.45) is 0 Å². The second-order valence-corrected chi connectivity index (χ2v) is 4.87. The van der Waals surface area contributed by atoms with Crippen molar-refractivity contribution in [3.8, 4) is 11.5 Å². The highest BCUT2D eigenvalue weighted by atomic mass is 35.5. The summed E-state index contributed by atoms with van der Waals surface area (Å²) in [5, 5.41) is 9.45. The van der Waals surface area contributed by atoms with Crippen molar-refractivity contribution in [2.45, 2.75) is 6.10 Å². The first kappa shape index (κ1) is 14.7. The van der Waals surface area contributed by atoms with E-state index >= 15 is 0 Å². The maximum absolute atomic E-state index is 11.5. The molecule has 6 nitrogen and oxygen atoms in total. The van der Waals surface area contributed by atoms with E-state index in [0.717, 1.165) is 0 Å². The molecule has 1 aromatic carbocycles. The van der Waals surface area contributed by atoms with E-state index in [1.54, 1.807) is 25.1 Å². The number of hydrogen-bond acceptors (Lipinski definition) is 5. The second kappa shape index (κ2) is 5.76. The number of fused-ring (bicyclic) bond motifs is 1. The van der Waals surface area contributed by atoms with Crippen LogP contribution in [0.3, 0.4) is 0 Å². The van der Waals surface area contributed by atoms with Gasteiger partial charge in [-0.2, -0.15) is 0 Å². The summed E-state index contributed by atoms with van der Waals surface area (Å²) in [6.07, 6.45) is -0.176. The van der Waals surface area contributed by atoms with Gasteiger partial charge in [0.05, 0.1) is 31.0 Å². The third-order valence-corrected chi connectivity index (χ3v) is 3.48. The summed E-state index contributed by atoms with van der Waals surface area (Å²) in [6.45, 7) is 0.931. The SMILES string of the molecule is COCC1CN(C)c2c(cc(OC)c(Cl)c2C(=O)O)O1. The third-order valence-electron chi connectivity index (χ3n) is 3.11. The first-order valence-corrected chi connectivity index (χ1v) is 6.37. The number of benzene rings is 1. The molecule has 0 saturated carbocycles. The molecule has 7 heteroatoms. The lowest BCUT2D eigenvalue weighted by Crippen LogP contribution is -2.41. The Hall–Kier alpha value is -1.66. The van der Waals surface area contributed by atoms with Gasteiger partial charge in [0.25, 0.3) is 0 Å². The number of halogens is 1. The largest absolute Gasteiger partial charge is 0.495 e. The van der Waals surface area contributed by atoms with Crippen LogP contribution in [-0.2, 0) is 4.74 Å². The Morgan fingerprint density at radius 3 is 2.85 bits per heavy atom. The molecule has 1 atom stereocenters. The zero-order valence-corrected chi connectivity index (χ0v) is 12.2. The fraction of sp³-hybridized carbons (Fsp3) is 0.462. The van der Waals surface area contributed by atoms with Gasteiger partial charge in [0, 0.05) is 20.2 Å². The monoisotopic (exact) mass is 301 g/mol. The molecule has 20 heavy (non-hydrogen) atoms. The lowest BCUT2D eigenvalue weighted by molar-refractivity contribution is 0.0686. The van der Waals surface area contributed by atoms with E-state index in [4.69, 9.17) is 25.8 Å². The van der Waals surface area contributed by atoms with Gasteiger partial charge in [-0.05, 0) is 0 Å². The highest BCUT2D eigenvalue weighted by Crippen LogP contribution is 2.44. The van der Waals surface area contributed by atoms with Crippen LogP contribution in [-0.4, -0.2) is 51.6 Å². The Morgan fingerprint density at radius 2 is 2.30 bits per heavy atom. The molecule has 0 fully saturated rings. The molecular weight excluding hydrogens is 286 g/mol. The molecule has 2 rings (SSSR count). The van der Waals surface area contributed by atoms with E-state index < -0.39 is 5.97 Å². The average Bonchev–Trinajstić information content (AvgIpc) is 2.38. The highest BCUT2D eigenvalue weighted by Gasteiger charge is 2.31. The van der Waals surface area contributed by atoms with Gasteiger partial charge in [-0.15, -0.1) is 0 Å². The van der Waals surface area contributed by atoms with Crippen molar-refractivity contribution in [3.05, 3.63) is 16.7 Å². The summed E-state index contributed by atoms with van der Waals surface area (Å²) in [5.74, 6) is -0.417. The molecular formula is C13H16ClNO5. The molecule has 1 N–H and O–H groups in total. The summed E-state index contributed by atoms with van der Waals surface area (Å²) in [7, 11) is 4.81. The minimum atomic E-state index is -1.12. The number of carboxylic acids is 1. The van der Waals surface area contributed by atoms with Gasteiger partial charge >= 0.3 is 5.97 Å². The van der Waals surface area contributed by atoms with Gasteiger partial charge in [-0.25, -0.2) is 4.79 Å². The first-order chi connectivity index (χ1) is 9.49. The van der Waals surface area contributed by atoms with Crippen LogP contribution in [0, 0.1) is 0 Å². The number of anilines is 1. The van der Waals surface area contributed by atoms with Crippen molar-refractivity contribution in [1.82, 2.24) is 0 Å². The Bertz CT molecular complexity index is 534. The van der Waals surface area contributed by atoms with E-state index in [9.17, 15) is 9.90 Å². The van der Waals surface area contributed by atoms with Crippen LogP contribution < -0.4 is 14.4 Å². The molecule has 1 aliphatic heterocycles. The van der Waals surface area contributed by atoms with Gasteiger partial charge < -0.3 is 24.2 Å². The number of rotatable bonds is 4. The fourth-order valence-corrected chi connectivity index (χ4v) is 2.60. The number of likely N-dealkylation sites (N-methyl/N-ethyl adjacent to an activating group) is 1. The van der Waals surface area contributed by atoms with Crippen LogP contribution >= 0.6 is 11.6 Å². The Labute approximate surface area is 121 Å². The summed E-state index contributed by atoms with van der Waals surface area (Å²) in [5.41, 5.74) is 0.440. The molecule has 1 aliphatic rings. The van der Waals surface area contributed by atoms with Crippen LogP contribution in [0.15, 0.2) is 6.07 Å². The number of hydrogen-bond donors (Lipinski definition) is 1. The molecule has 110 valence electrons. The maximum Gasteiger partial charge on any atom is 0.339 e. The van der Waals surface area contributed by atoms with Crippen molar-refractivity contribution in [1.29, 1.82) is 0 Å². The molecule has 0 spiro atoms. The molecule has 0 aromatic heterocycles. The molecule has 1 heterocycles. The van der Waals surface area contributed by atoms with Gasteiger partial charge in [0.2, 0.25) is 0 Å². The number of carboxylic acid groups (broad SMARTS) is 1. The van der Waals surface area contributed by atoms with E-state index in [1.165, 1.54) is 7.11 Å². The summed E-state index contributed by atoms with van der Waals surface area (Å²) in [4.78, 5) is 13.3. The van der Waals surface area contributed by atoms with Gasteiger partial charge in [0.15, 0.2) is 0 Å². The number of carbonyl (C=O) groups is 1. The van der Waals surface area contributed by atoms with Crippen molar-refractivity contribution in [2.75, 3.05) is 39.3 Å². The molecule has 0 amide bonds. The van der Waals surface area contributed by atoms with E-state index in [0.29, 0.717) is 24.6 Å². The van der Waals surface area contributed by atoms with Crippen molar-refractivity contribution in [3.63, 3.8) is 0 Å². The van der Waals surface area contributed by atoms with E-state index in [2.05, 4.69) is 0 Å². The van der Waals surface area contributed by atoms with Crippen molar-refractivity contribution < 1.29 is 24.1 Å². The molecule has 1 aromatic rings. The summed E-state index contributed by atoms with van der Waals surface area (Å²) < 4.78 is 15.9.